The van der Waals surface area contributed by atoms with Gasteiger partial charge in [0.25, 0.3) is 0 Å². The second-order valence-electron chi connectivity index (χ2n) is 3.65. The maximum atomic E-state index is 12.4. The van der Waals surface area contributed by atoms with Crippen molar-refractivity contribution in [3.05, 3.63) is 29.6 Å². The predicted molar refractivity (Wildman–Crippen MR) is 55.1 cm³/mol. The van der Waals surface area contributed by atoms with Gasteiger partial charge in [0.15, 0.2) is 0 Å². The number of rotatable bonds is 2. The van der Waals surface area contributed by atoms with Crippen molar-refractivity contribution >= 4 is 11.0 Å². The Kier molecular flexibility index (Phi) is 2.61. The summed E-state index contributed by atoms with van der Waals surface area (Å²) in [5.74, 6) is -0.925. The lowest BCUT2D eigenvalue weighted by atomic mass is 10.1. The number of nitrogens with one attached hydrogen (secondary N) is 1. The summed E-state index contributed by atoms with van der Waals surface area (Å²) in [6.45, 7) is 1.98. The average Bonchev–Trinajstić information content (AvgIpc) is 2.62. The van der Waals surface area contributed by atoms with Crippen LogP contribution in [-0.4, -0.2) is 9.97 Å². The fourth-order valence-corrected chi connectivity index (χ4v) is 1.70. The van der Waals surface area contributed by atoms with Crippen molar-refractivity contribution in [2.45, 2.75) is 25.9 Å². The zero-order valence-corrected chi connectivity index (χ0v) is 8.73. The molecule has 0 unspecified atom stereocenters. The van der Waals surface area contributed by atoms with Gasteiger partial charge in [-0.15, -0.1) is 0 Å². The van der Waals surface area contributed by atoms with Crippen LogP contribution in [0.5, 0.6) is 0 Å². The molecule has 16 heavy (non-hydrogen) atoms. The summed E-state index contributed by atoms with van der Waals surface area (Å²) in [5.41, 5.74) is 1.72. The summed E-state index contributed by atoms with van der Waals surface area (Å²) in [6, 6.07) is 5.16. The van der Waals surface area contributed by atoms with E-state index in [-0.39, 0.29) is 0 Å². The Morgan fingerprint density at radius 1 is 1.31 bits per heavy atom. The van der Waals surface area contributed by atoms with E-state index in [1.54, 1.807) is 12.1 Å². The van der Waals surface area contributed by atoms with Crippen LogP contribution in [0.4, 0.5) is 13.2 Å². The van der Waals surface area contributed by atoms with Gasteiger partial charge in [-0.1, -0.05) is 25.5 Å². The SMILES string of the molecule is CCCc1cccc2[nH]c(C(F)(F)F)nc12. The molecule has 0 saturated carbocycles. The zero-order valence-electron chi connectivity index (χ0n) is 8.73. The van der Waals surface area contributed by atoms with Crippen LogP contribution in [0.15, 0.2) is 18.2 Å². The Morgan fingerprint density at radius 2 is 2.06 bits per heavy atom. The van der Waals surface area contributed by atoms with Crippen molar-refractivity contribution in [1.29, 1.82) is 0 Å². The fraction of sp³-hybridized carbons (Fsp3) is 0.364. The summed E-state index contributed by atoms with van der Waals surface area (Å²) in [5, 5.41) is 0. The molecule has 1 aromatic carbocycles. The number of H-pyrrole nitrogens is 1. The third-order valence-electron chi connectivity index (χ3n) is 2.38. The summed E-state index contributed by atoms with van der Waals surface area (Å²) in [4.78, 5) is 5.92. The second kappa shape index (κ2) is 3.81. The van der Waals surface area contributed by atoms with Crippen LogP contribution in [0, 0.1) is 0 Å². The van der Waals surface area contributed by atoms with Crippen LogP contribution in [0.3, 0.4) is 0 Å². The Bertz CT molecular complexity index is 499. The molecule has 5 heteroatoms. The van der Waals surface area contributed by atoms with Gasteiger partial charge in [-0.2, -0.15) is 13.2 Å². The summed E-state index contributed by atoms with van der Waals surface area (Å²) in [7, 11) is 0. The third kappa shape index (κ3) is 1.89. The van der Waals surface area contributed by atoms with E-state index >= 15 is 0 Å². The first-order chi connectivity index (χ1) is 7.52. The smallest absolute Gasteiger partial charge is 0.334 e. The largest absolute Gasteiger partial charge is 0.449 e. The van der Waals surface area contributed by atoms with Gasteiger partial charge in [0, 0.05) is 0 Å². The number of imidazole rings is 1. The molecule has 0 spiro atoms. The van der Waals surface area contributed by atoms with Gasteiger partial charge in [0.2, 0.25) is 5.82 Å². The van der Waals surface area contributed by atoms with E-state index in [0.717, 1.165) is 18.4 Å². The van der Waals surface area contributed by atoms with E-state index in [1.807, 2.05) is 13.0 Å². The molecule has 0 aliphatic heterocycles. The highest BCUT2D eigenvalue weighted by atomic mass is 19.4. The van der Waals surface area contributed by atoms with Crippen molar-refractivity contribution in [3.8, 4) is 0 Å². The summed E-state index contributed by atoms with van der Waals surface area (Å²) < 4.78 is 37.3. The van der Waals surface area contributed by atoms with Crippen molar-refractivity contribution in [2.24, 2.45) is 0 Å². The minimum absolute atomic E-state index is 0.427. The molecule has 0 aliphatic carbocycles. The fourth-order valence-electron chi connectivity index (χ4n) is 1.70. The molecular formula is C11H11F3N2. The van der Waals surface area contributed by atoms with Crippen molar-refractivity contribution in [3.63, 3.8) is 0 Å². The van der Waals surface area contributed by atoms with Gasteiger partial charge < -0.3 is 4.98 Å². The molecule has 86 valence electrons. The van der Waals surface area contributed by atoms with Gasteiger partial charge in [0.1, 0.15) is 0 Å². The normalized spacial score (nSPS) is 12.2. The molecule has 2 nitrogen and oxygen atoms in total. The minimum Gasteiger partial charge on any atom is -0.334 e. The molecule has 1 aromatic heterocycles. The van der Waals surface area contributed by atoms with Crippen LogP contribution in [-0.2, 0) is 12.6 Å². The van der Waals surface area contributed by atoms with Gasteiger partial charge in [-0.25, -0.2) is 4.98 Å². The van der Waals surface area contributed by atoms with Crippen LogP contribution in [0.25, 0.3) is 11.0 Å². The quantitative estimate of drug-likeness (QED) is 0.836. The molecule has 0 amide bonds. The van der Waals surface area contributed by atoms with Gasteiger partial charge >= 0.3 is 6.18 Å². The second-order valence-corrected chi connectivity index (χ2v) is 3.65. The topological polar surface area (TPSA) is 28.7 Å². The average molecular weight is 228 g/mol. The van der Waals surface area contributed by atoms with E-state index in [4.69, 9.17) is 0 Å². The van der Waals surface area contributed by atoms with Crippen molar-refractivity contribution < 1.29 is 13.2 Å². The Morgan fingerprint density at radius 3 is 2.69 bits per heavy atom. The van der Waals surface area contributed by atoms with Crippen LogP contribution in [0.2, 0.25) is 0 Å². The van der Waals surface area contributed by atoms with E-state index < -0.39 is 12.0 Å². The number of fused-ring (bicyclic) bond motifs is 1. The summed E-state index contributed by atoms with van der Waals surface area (Å²) in [6.07, 6.45) is -2.80. The number of benzene rings is 1. The van der Waals surface area contributed by atoms with Gasteiger partial charge in [-0.05, 0) is 18.1 Å². The Hall–Kier alpha value is -1.52. The lowest BCUT2D eigenvalue weighted by molar-refractivity contribution is -0.144. The van der Waals surface area contributed by atoms with E-state index in [2.05, 4.69) is 9.97 Å². The number of hydrogen-bond donors (Lipinski definition) is 1. The number of nitrogens with zero attached hydrogens (tertiary/aromatic N) is 1. The Balaban J connectivity index is 2.57. The van der Waals surface area contributed by atoms with Crippen LogP contribution < -0.4 is 0 Å². The first-order valence-corrected chi connectivity index (χ1v) is 5.07. The predicted octanol–water partition coefficient (Wildman–Crippen LogP) is 3.53. The molecule has 1 heterocycles. The molecule has 0 aliphatic rings. The highest BCUT2D eigenvalue weighted by Crippen LogP contribution is 2.29. The molecule has 2 rings (SSSR count). The maximum absolute atomic E-state index is 12.4. The van der Waals surface area contributed by atoms with Gasteiger partial charge in [-0.3, -0.25) is 0 Å². The maximum Gasteiger partial charge on any atom is 0.449 e. The van der Waals surface area contributed by atoms with Crippen LogP contribution in [0.1, 0.15) is 24.7 Å². The number of aromatic amines is 1. The molecule has 0 saturated heterocycles. The van der Waals surface area contributed by atoms with Gasteiger partial charge in [0.05, 0.1) is 11.0 Å². The summed E-state index contributed by atoms with van der Waals surface area (Å²) >= 11 is 0. The lowest BCUT2D eigenvalue weighted by Gasteiger charge is -1.99. The monoisotopic (exact) mass is 228 g/mol. The molecule has 0 bridgehead atoms. The highest BCUT2D eigenvalue weighted by Gasteiger charge is 2.34. The standard InChI is InChI=1S/C11H11F3N2/c1-2-4-7-5-3-6-8-9(7)16-10(15-8)11(12,13)14/h3,5-6H,2,4H2,1H3,(H,15,16). The molecule has 0 atom stereocenters. The first kappa shape index (κ1) is 11.0. The zero-order chi connectivity index (χ0) is 11.8. The van der Waals surface area contributed by atoms with Crippen molar-refractivity contribution in [2.75, 3.05) is 0 Å². The molecule has 1 N–H and O–H groups in total. The van der Waals surface area contributed by atoms with Crippen molar-refractivity contribution in [1.82, 2.24) is 9.97 Å². The molecule has 0 radical (unpaired) electrons. The molecular weight excluding hydrogens is 217 g/mol. The number of alkyl halides is 3. The van der Waals surface area contributed by atoms with E-state index in [1.165, 1.54) is 0 Å². The van der Waals surface area contributed by atoms with E-state index in [0.29, 0.717) is 11.0 Å². The third-order valence-corrected chi connectivity index (χ3v) is 2.38. The van der Waals surface area contributed by atoms with E-state index in [9.17, 15) is 13.2 Å². The number of halogens is 3. The first-order valence-electron chi connectivity index (χ1n) is 5.07. The number of aromatic nitrogens is 2. The minimum atomic E-state index is -4.41. The highest BCUT2D eigenvalue weighted by molar-refractivity contribution is 5.78. The lowest BCUT2D eigenvalue weighted by Crippen LogP contribution is -2.06. The molecule has 0 fully saturated rings. The molecule has 2 aromatic rings. The number of aryl methyl sites for hydroxylation is 1. The number of hydrogen-bond acceptors (Lipinski definition) is 1. The Labute approximate surface area is 90.5 Å². The number of para-hydroxylation sites is 1. The van der Waals surface area contributed by atoms with Crippen LogP contribution >= 0.6 is 0 Å².